The average Bonchev–Trinajstić information content (AvgIpc) is 3.45. The van der Waals surface area contributed by atoms with Crippen molar-refractivity contribution in [1.82, 2.24) is 9.80 Å². The Morgan fingerprint density at radius 2 is 0.905 bits per heavy atom. The number of benzene rings is 3. The third-order valence-electron chi connectivity index (χ3n) is 8.90. The molecule has 0 N–H and O–H groups in total. The van der Waals surface area contributed by atoms with E-state index in [0.29, 0.717) is 0 Å². The summed E-state index contributed by atoms with van der Waals surface area (Å²) in [7, 11) is 0. The molecule has 224 valence electrons. The molecule has 2 heterocycles. The number of rotatable bonds is 11. The molecule has 4 heteroatoms. The van der Waals surface area contributed by atoms with E-state index in [1.807, 2.05) is 0 Å². The molecule has 0 spiro atoms. The van der Waals surface area contributed by atoms with Crippen LogP contribution in [0.2, 0.25) is 0 Å². The topological polar surface area (TPSA) is 24.9 Å². The Morgan fingerprint density at radius 1 is 0.524 bits per heavy atom. The van der Waals surface area contributed by atoms with Gasteiger partial charge in [0.05, 0.1) is 0 Å². The van der Waals surface area contributed by atoms with Crippen molar-refractivity contribution in [3.63, 3.8) is 0 Å². The maximum Gasteiger partial charge on any atom is 0.119 e. The number of hydrogen-bond acceptors (Lipinski definition) is 4. The molecule has 0 amide bonds. The second kappa shape index (κ2) is 16.0. The molecule has 0 aliphatic carbocycles. The second-order valence-electron chi connectivity index (χ2n) is 12.1. The van der Waals surface area contributed by atoms with Crippen LogP contribution in [0.25, 0.3) is 11.1 Å². The highest BCUT2D eigenvalue weighted by molar-refractivity contribution is 5.98. The van der Waals surface area contributed by atoms with E-state index >= 15 is 0 Å². The van der Waals surface area contributed by atoms with Crippen molar-refractivity contribution < 1.29 is 9.47 Å². The van der Waals surface area contributed by atoms with Crippen LogP contribution in [0.15, 0.2) is 72.8 Å². The Kier molecular flexibility index (Phi) is 11.5. The Bertz CT molecular complexity index is 1160. The van der Waals surface area contributed by atoms with E-state index in [0.717, 1.165) is 37.8 Å². The van der Waals surface area contributed by atoms with Gasteiger partial charge in [0.2, 0.25) is 0 Å². The lowest BCUT2D eigenvalue weighted by Gasteiger charge is -2.20. The molecule has 2 saturated heterocycles. The van der Waals surface area contributed by atoms with Crippen molar-refractivity contribution in [1.29, 1.82) is 0 Å². The third-order valence-corrected chi connectivity index (χ3v) is 8.90. The number of aryl methyl sites for hydroxylation is 1. The Labute approximate surface area is 254 Å². The second-order valence-corrected chi connectivity index (χ2v) is 12.1. The van der Waals surface area contributed by atoms with Gasteiger partial charge in [-0.3, -0.25) is 9.80 Å². The highest BCUT2D eigenvalue weighted by Gasteiger charge is 2.13. The largest absolute Gasteiger partial charge is 0.492 e. The minimum Gasteiger partial charge on any atom is -0.492 e. The molecule has 0 radical (unpaired) electrons. The fourth-order valence-corrected chi connectivity index (χ4v) is 6.29. The van der Waals surface area contributed by atoms with Crippen LogP contribution in [0, 0.1) is 6.92 Å². The monoisotopic (exact) mass is 566 g/mol. The van der Waals surface area contributed by atoms with E-state index in [1.165, 1.54) is 111 Å². The molecule has 42 heavy (non-hydrogen) atoms. The molecule has 0 aromatic heterocycles. The molecule has 2 aliphatic rings. The first-order chi connectivity index (χ1) is 20.7. The van der Waals surface area contributed by atoms with Crippen molar-refractivity contribution in [2.45, 2.75) is 65.2 Å². The number of nitrogens with zero attached hydrogens (tertiary/aromatic N) is 2. The molecule has 0 bridgehead atoms. The molecule has 5 rings (SSSR count). The Morgan fingerprint density at radius 3 is 1.31 bits per heavy atom. The van der Waals surface area contributed by atoms with Gasteiger partial charge in [0.1, 0.15) is 24.7 Å². The Balaban J connectivity index is 1.27. The lowest BCUT2D eigenvalue weighted by Crippen LogP contribution is -2.29. The van der Waals surface area contributed by atoms with Crippen LogP contribution in [0.3, 0.4) is 0 Å². The molecule has 2 aliphatic heterocycles. The summed E-state index contributed by atoms with van der Waals surface area (Å²) in [6.45, 7) is 12.7. The van der Waals surface area contributed by atoms with Crippen LogP contribution in [-0.4, -0.2) is 62.3 Å². The standard InChI is InChI=1S/C38H50N2O2/c1-31-11-13-33(14-12-31)32(2)38(34-15-19-36(20-16-34)41-29-27-39-23-7-3-4-8-24-39)35-17-21-37(22-18-35)42-30-28-40-25-9-5-6-10-26-40/h11-22H,3-10,23-30H2,1-2H3. The van der Waals surface area contributed by atoms with Gasteiger partial charge in [0.15, 0.2) is 0 Å². The van der Waals surface area contributed by atoms with Gasteiger partial charge in [-0.15, -0.1) is 0 Å². The van der Waals surface area contributed by atoms with E-state index in [1.54, 1.807) is 0 Å². The first kappa shape index (κ1) is 30.4. The summed E-state index contributed by atoms with van der Waals surface area (Å²) in [5.41, 5.74) is 7.42. The van der Waals surface area contributed by atoms with Crippen LogP contribution in [0.4, 0.5) is 0 Å². The zero-order chi connectivity index (χ0) is 29.0. The lowest BCUT2D eigenvalue weighted by atomic mass is 9.90. The summed E-state index contributed by atoms with van der Waals surface area (Å²) in [5.74, 6) is 1.88. The fourth-order valence-electron chi connectivity index (χ4n) is 6.29. The van der Waals surface area contributed by atoms with E-state index in [9.17, 15) is 0 Å². The number of allylic oxidation sites excluding steroid dienone is 1. The number of likely N-dealkylation sites (tertiary alicyclic amines) is 2. The molecule has 0 saturated carbocycles. The SMILES string of the molecule is CC(=C(c1ccc(OCCN2CCCCCC2)cc1)c1ccc(OCCN2CCCCCC2)cc1)c1ccc(C)cc1. The van der Waals surface area contributed by atoms with Gasteiger partial charge in [0.25, 0.3) is 0 Å². The molecule has 0 atom stereocenters. The summed E-state index contributed by atoms with van der Waals surface area (Å²) in [4.78, 5) is 5.10. The maximum atomic E-state index is 6.17. The van der Waals surface area contributed by atoms with Crippen LogP contribution in [-0.2, 0) is 0 Å². The molecule has 0 unspecified atom stereocenters. The average molecular weight is 567 g/mol. The van der Waals surface area contributed by atoms with Gasteiger partial charge in [-0.25, -0.2) is 0 Å². The van der Waals surface area contributed by atoms with Gasteiger partial charge in [-0.05, 0) is 118 Å². The minimum absolute atomic E-state index is 0.740. The van der Waals surface area contributed by atoms with E-state index in [2.05, 4.69) is 96.4 Å². The van der Waals surface area contributed by atoms with Crippen LogP contribution >= 0.6 is 0 Å². The van der Waals surface area contributed by atoms with Crippen LogP contribution in [0.5, 0.6) is 11.5 Å². The molecular weight excluding hydrogens is 516 g/mol. The molecule has 4 nitrogen and oxygen atoms in total. The zero-order valence-electron chi connectivity index (χ0n) is 26.0. The summed E-state index contributed by atoms with van der Waals surface area (Å²) in [6, 6.07) is 26.2. The van der Waals surface area contributed by atoms with E-state index in [4.69, 9.17) is 9.47 Å². The first-order valence-corrected chi connectivity index (χ1v) is 16.3. The van der Waals surface area contributed by atoms with Crippen molar-refractivity contribution in [3.05, 3.63) is 95.1 Å². The number of ether oxygens (including phenoxy) is 2. The quantitative estimate of drug-likeness (QED) is 0.217. The molecular formula is C38H50N2O2. The Hall–Kier alpha value is -3.08. The number of hydrogen-bond donors (Lipinski definition) is 0. The van der Waals surface area contributed by atoms with Crippen LogP contribution in [0.1, 0.15) is 80.5 Å². The summed E-state index contributed by atoms with van der Waals surface area (Å²) in [6.07, 6.45) is 10.7. The smallest absolute Gasteiger partial charge is 0.119 e. The van der Waals surface area contributed by atoms with E-state index < -0.39 is 0 Å². The third kappa shape index (κ3) is 8.96. The van der Waals surface area contributed by atoms with Crippen molar-refractivity contribution in [2.75, 3.05) is 52.5 Å². The summed E-state index contributed by atoms with van der Waals surface area (Å²) >= 11 is 0. The van der Waals surface area contributed by atoms with Crippen molar-refractivity contribution >= 4 is 11.1 Å². The molecule has 3 aromatic rings. The zero-order valence-corrected chi connectivity index (χ0v) is 26.0. The predicted octanol–water partition coefficient (Wildman–Crippen LogP) is 8.48. The normalized spacial score (nSPS) is 16.8. The van der Waals surface area contributed by atoms with E-state index in [-0.39, 0.29) is 0 Å². The lowest BCUT2D eigenvalue weighted by molar-refractivity contribution is 0.214. The van der Waals surface area contributed by atoms with Crippen molar-refractivity contribution in [2.24, 2.45) is 0 Å². The first-order valence-electron chi connectivity index (χ1n) is 16.3. The van der Waals surface area contributed by atoms with Gasteiger partial charge >= 0.3 is 0 Å². The fraction of sp³-hybridized carbons (Fsp3) is 0.474. The maximum absolute atomic E-state index is 6.17. The van der Waals surface area contributed by atoms with Crippen molar-refractivity contribution in [3.8, 4) is 11.5 Å². The molecule has 3 aromatic carbocycles. The highest BCUT2D eigenvalue weighted by atomic mass is 16.5. The summed E-state index contributed by atoms with van der Waals surface area (Å²) in [5, 5.41) is 0. The minimum atomic E-state index is 0.740. The van der Waals surface area contributed by atoms with Gasteiger partial charge in [0, 0.05) is 13.1 Å². The highest BCUT2D eigenvalue weighted by Crippen LogP contribution is 2.34. The predicted molar refractivity (Wildman–Crippen MR) is 176 cm³/mol. The summed E-state index contributed by atoms with van der Waals surface area (Å²) < 4.78 is 12.3. The van der Waals surface area contributed by atoms with Gasteiger partial charge in [-0.2, -0.15) is 0 Å². The molecule has 2 fully saturated rings. The van der Waals surface area contributed by atoms with Crippen LogP contribution < -0.4 is 9.47 Å². The van der Waals surface area contributed by atoms with Gasteiger partial charge in [-0.1, -0.05) is 79.8 Å². The van der Waals surface area contributed by atoms with Gasteiger partial charge < -0.3 is 9.47 Å².